The molecular weight excluding hydrogens is 166 g/mol. The average molecular weight is 177 g/mol. The van der Waals surface area contributed by atoms with Gasteiger partial charge in [0, 0.05) is 0 Å². The van der Waals surface area contributed by atoms with Gasteiger partial charge in [0.1, 0.15) is 18.3 Å². The zero-order valence-corrected chi connectivity index (χ0v) is 6.25. The van der Waals surface area contributed by atoms with Crippen molar-refractivity contribution in [2.24, 2.45) is 0 Å². The van der Waals surface area contributed by atoms with Crippen LogP contribution < -0.4 is 5.32 Å². The van der Waals surface area contributed by atoms with E-state index in [1.165, 1.54) is 0 Å². The molecule has 1 amide bonds. The lowest BCUT2D eigenvalue weighted by Crippen LogP contribution is -2.40. The highest BCUT2D eigenvalue weighted by Gasteiger charge is 2.41. The molecular formula is C6H11NO5. The van der Waals surface area contributed by atoms with E-state index in [-0.39, 0.29) is 0 Å². The van der Waals surface area contributed by atoms with E-state index in [1.807, 2.05) is 0 Å². The fraction of sp³-hybridized carbons (Fsp3) is 0.833. The van der Waals surface area contributed by atoms with E-state index in [9.17, 15) is 9.90 Å². The lowest BCUT2D eigenvalue weighted by Gasteiger charge is -2.12. The van der Waals surface area contributed by atoms with Crippen molar-refractivity contribution >= 4 is 6.41 Å². The Labute approximate surface area is 68.8 Å². The zero-order valence-electron chi connectivity index (χ0n) is 6.25. The number of aliphatic hydroxyl groups is 3. The molecule has 0 saturated carbocycles. The molecule has 0 aliphatic carbocycles. The van der Waals surface area contributed by atoms with E-state index < -0.39 is 31.1 Å². The summed E-state index contributed by atoms with van der Waals surface area (Å²) in [6.07, 6.45) is -3.76. The second-order valence-corrected chi connectivity index (χ2v) is 2.54. The molecule has 1 aliphatic rings. The van der Waals surface area contributed by atoms with E-state index in [0.29, 0.717) is 6.41 Å². The second kappa shape index (κ2) is 3.81. The average Bonchev–Trinajstić information content (AvgIpc) is 2.33. The highest BCUT2D eigenvalue weighted by Crippen LogP contribution is 2.18. The molecule has 1 fully saturated rings. The first kappa shape index (κ1) is 9.40. The van der Waals surface area contributed by atoms with Crippen molar-refractivity contribution in [1.29, 1.82) is 0 Å². The standard InChI is InChI=1S/C6H11NO5/c8-1-3-4(10)5(11)6(12-3)7-2-9/h2-6,8,10-11H,1H2,(H,7,9)/t3-,4-,5+,6?/m1/s1. The van der Waals surface area contributed by atoms with Gasteiger partial charge in [0.25, 0.3) is 0 Å². The minimum absolute atomic E-state index is 0.361. The molecule has 0 aromatic heterocycles. The number of nitrogens with one attached hydrogen (secondary N) is 1. The molecule has 1 saturated heterocycles. The largest absolute Gasteiger partial charge is 0.394 e. The number of ether oxygens (including phenoxy) is 1. The summed E-state index contributed by atoms with van der Waals surface area (Å²) in [4.78, 5) is 9.96. The molecule has 4 atom stereocenters. The zero-order chi connectivity index (χ0) is 9.14. The summed E-state index contributed by atoms with van der Waals surface area (Å²) in [5, 5.41) is 29.1. The van der Waals surface area contributed by atoms with Crippen LogP contribution in [0.25, 0.3) is 0 Å². The van der Waals surface area contributed by atoms with Crippen LogP contribution in [0, 0.1) is 0 Å². The molecule has 1 unspecified atom stereocenters. The van der Waals surface area contributed by atoms with E-state index in [4.69, 9.17) is 14.9 Å². The number of hydrogen-bond acceptors (Lipinski definition) is 5. The van der Waals surface area contributed by atoms with Crippen LogP contribution in [-0.4, -0.2) is 52.9 Å². The van der Waals surface area contributed by atoms with Gasteiger partial charge in [-0.25, -0.2) is 0 Å². The summed E-state index contributed by atoms with van der Waals surface area (Å²) in [7, 11) is 0. The number of rotatable bonds is 3. The van der Waals surface area contributed by atoms with Crippen LogP contribution in [0.15, 0.2) is 0 Å². The summed E-state index contributed by atoms with van der Waals surface area (Å²) in [6, 6.07) is 0. The number of carbonyl (C=O) groups is 1. The first-order chi connectivity index (χ1) is 5.70. The van der Waals surface area contributed by atoms with E-state index >= 15 is 0 Å². The van der Waals surface area contributed by atoms with Gasteiger partial charge in [0.15, 0.2) is 6.23 Å². The number of hydrogen-bond donors (Lipinski definition) is 4. The van der Waals surface area contributed by atoms with Crippen molar-refractivity contribution in [3.8, 4) is 0 Å². The van der Waals surface area contributed by atoms with Crippen LogP contribution in [0.4, 0.5) is 0 Å². The monoisotopic (exact) mass is 177 g/mol. The normalized spacial score (nSPS) is 41.2. The van der Waals surface area contributed by atoms with Gasteiger partial charge in [0.05, 0.1) is 6.61 Å². The summed E-state index contributed by atoms with van der Waals surface area (Å²) in [5.74, 6) is 0. The maximum absolute atomic E-state index is 9.96. The van der Waals surface area contributed by atoms with Gasteiger partial charge in [-0.1, -0.05) is 0 Å². The minimum Gasteiger partial charge on any atom is -0.394 e. The van der Waals surface area contributed by atoms with E-state index in [1.54, 1.807) is 0 Å². The summed E-state index contributed by atoms with van der Waals surface area (Å²) < 4.78 is 4.88. The third-order valence-electron chi connectivity index (χ3n) is 1.77. The maximum atomic E-state index is 9.96. The van der Waals surface area contributed by atoms with Gasteiger partial charge < -0.3 is 25.4 Å². The van der Waals surface area contributed by atoms with E-state index in [0.717, 1.165) is 0 Å². The van der Waals surface area contributed by atoms with Gasteiger partial charge in [-0.15, -0.1) is 0 Å². The topological polar surface area (TPSA) is 99.0 Å². The molecule has 1 heterocycles. The number of aliphatic hydroxyl groups excluding tert-OH is 3. The molecule has 1 rings (SSSR count). The van der Waals surface area contributed by atoms with Gasteiger partial charge >= 0.3 is 0 Å². The van der Waals surface area contributed by atoms with Crippen molar-refractivity contribution in [2.75, 3.05) is 6.61 Å². The van der Waals surface area contributed by atoms with Gasteiger partial charge in [-0.05, 0) is 0 Å². The molecule has 12 heavy (non-hydrogen) atoms. The van der Waals surface area contributed by atoms with Crippen LogP contribution in [0.2, 0.25) is 0 Å². The van der Waals surface area contributed by atoms with Crippen molar-refractivity contribution in [3.63, 3.8) is 0 Å². The highest BCUT2D eigenvalue weighted by atomic mass is 16.6. The number of carbonyl (C=O) groups excluding carboxylic acids is 1. The Hall–Kier alpha value is -0.690. The third kappa shape index (κ3) is 1.56. The first-order valence-electron chi connectivity index (χ1n) is 3.53. The molecule has 0 aromatic rings. The Morgan fingerprint density at radius 3 is 2.50 bits per heavy atom. The Balaban J connectivity index is 2.53. The molecule has 0 bridgehead atoms. The van der Waals surface area contributed by atoms with Crippen LogP contribution >= 0.6 is 0 Å². The van der Waals surface area contributed by atoms with Gasteiger partial charge in [-0.2, -0.15) is 0 Å². The van der Waals surface area contributed by atoms with Crippen molar-refractivity contribution < 1.29 is 24.9 Å². The molecule has 6 nitrogen and oxygen atoms in total. The highest BCUT2D eigenvalue weighted by molar-refractivity contribution is 5.46. The van der Waals surface area contributed by atoms with Crippen molar-refractivity contribution in [3.05, 3.63) is 0 Å². The quantitative estimate of drug-likeness (QED) is 0.348. The fourth-order valence-corrected chi connectivity index (χ4v) is 1.10. The maximum Gasteiger partial charge on any atom is 0.209 e. The summed E-state index contributed by atoms with van der Waals surface area (Å²) >= 11 is 0. The molecule has 70 valence electrons. The predicted molar refractivity (Wildman–Crippen MR) is 37.0 cm³/mol. The first-order valence-corrected chi connectivity index (χ1v) is 3.53. The molecule has 0 aromatic carbocycles. The Bertz CT molecular complexity index is 164. The van der Waals surface area contributed by atoms with Crippen molar-refractivity contribution in [1.82, 2.24) is 5.32 Å². The SMILES string of the molecule is O=CNC1O[C@H](CO)[C@@H](O)[C@@H]1O. The van der Waals surface area contributed by atoms with Crippen LogP contribution in [0.3, 0.4) is 0 Å². The minimum atomic E-state index is -1.19. The van der Waals surface area contributed by atoms with Gasteiger partial charge in [0.2, 0.25) is 6.41 Å². The molecule has 6 heteroatoms. The second-order valence-electron chi connectivity index (χ2n) is 2.54. The molecule has 0 spiro atoms. The van der Waals surface area contributed by atoms with Crippen molar-refractivity contribution in [2.45, 2.75) is 24.5 Å². The molecule has 0 radical (unpaired) electrons. The van der Waals surface area contributed by atoms with Crippen LogP contribution in [-0.2, 0) is 9.53 Å². The predicted octanol–water partition coefficient (Wildman–Crippen LogP) is -2.83. The third-order valence-corrected chi connectivity index (χ3v) is 1.77. The Kier molecular flexibility index (Phi) is 2.99. The Morgan fingerprint density at radius 1 is 1.42 bits per heavy atom. The van der Waals surface area contributed by atoms with E-state index in [2.05, 4.69) is 5.32 Å². The summed E-state index contributed by atoms with van der Waals surface area (Å²) in [6.45, 7) is -0.394. The van der Waals surface area contributed by atoms with Gasteiger partial charge in [-0.3, -0.25) is 4.79 Å². The molecule has 1 aliphatic heterocycles. The van der Waals surface area contributed by atoms with Crippen LogP contribution in [0.5, 0.6) is 0 Å². The van der Waals surface area contributed by atoms with Crippen LogP contribution in [0.1, 0.15) is 0 Å². The fourth-order valence-electron chi connectivity index (χ4n) is 1.10. The summed E-state index contributed by atoms with van der Waals surface area (Å²) in [5.41, 5.74) is 0. The Morgan fingerprint density at radius 2 is 2.08 bits per heavy atom. The lowest BCUT2D eigenvalue weighted by molar-refractivity contribution is -0.115. The lowest BCUT2D eigenvalue weighted by atomic mass is 10.1. The smallest absolute Gasteiger partial charge is 0.209 e. The number of amides is 1. The molecule has 4 N–H and O–H groups in total.